The molecule has 0 amide bonds. The number of hydrogen-bond acceptors (Lipinski definition) is 4. The van der Waals surface area contributed by atoms with Gasteiger partial charge in [-0.2, -0.15) is 4.79 Å². The Kier molecular flexibility index (Phi) is 4.67. The van der Waals surface area contributed by atoms with E-state index >= 15 is 0 Å². The average molecular weight is 214 g/mol. The summed E-state index contributed by atoms with van der Waals surface area (Å²) in [5.74, 6) is -2.02. The van der Waals surface area contributed by atoms with Crippen LogP contribution in [0.5, 0.6) is 0 Å². The molecule has 0 aliphatic rings. The van der Waals surface area contributed by atoms with Crippen LogP contribution in [0.3, 0.4) is 0 Å². The van der Waals surface area contributed by atoms with Crippen molar-refractivity contribution in [3.63, 3.8) is 0 Å². The molecule has 6 heteroatoms. The fraction of sp³-hybridized carbons (Fsp3) is 0.667. The van der Waals surface area contributed by atoms with E-state index in [1.54, 1.807) is 27.7 Å². The van der Waals surface area contributed by atoms with Crippen LogP contribution in [0.15, 0.2) is 0 Å². The van der Waals surface area contributed by atoms with E-state index < -0.39 is 23.3 Å². The first-order valence-corrected chi connectivity index (χ1v) is 4.44. The quantitative estimate of drug-likeness (QED) is 0.226. The molecule has 0 N–H and O–H groups in total. The summed E-state index contributed by atoms with van der Waals surface area (Å²) < 4.78 is 9.33. The van der Waals surface area contributed by atoms with Crippen LogP contribution < -0.4 is 0 Å². The lowest BCUT2D eigenvalue weighted by Gasteiger charge is -2.17. The van der Waals surface area contributed by atoms with Gasteiger partial charge in [-0.1, -0.05) is 0 Å². The summed E-state index contributed by atoms with van der Waals surface area (Å²) in [6.45, 7) is 6.55. The van der Waals surface area contributed by atoms with Crippen molar-refractivity contribution in [1.29, 1.82) is 0 Å². The van der Waals surface area contributed by atoms with Crippen LogP contribution >= 0.6 is 0 Å². The number of ether oxygens (including phenoxy) is 2. The second kappa shape index (κ2) is 5.26. The van der Waals surface area contributed by atoms with Crippen LogP contribution in [0.2, 0.25) is 0 Å². The second-order valence-corrected chi connectivity index (χ2v) is 3.67. The summed E-state index contributed by atoms with van der Waals surface area (Å²) in [7, 11) is 0. The van der Waals surface area contributed by atoms with E-state index in [4.69, 9.17) is 10.3 Å². The molecule has 0 aromatic rings. The van der Waals surface area contributed by atoms with Crippen molar-refractivity contribution in [2.24, 2.45) is 0 Å². The molecule has 0 aromatic carbocycles. The van der Waals surface area contributed by atoms with Crippen LogP contribution in [0.1, 0.15) is 27.7 Å². The highest BCUT2D eigenvalue weighted by molar-refractivity contribution is 6.60. The van der Waals surface area contributed by atoms with Gasteiger partial charge in [-0.15, -0.1) is 0 Å². The SMILES string of the molecule is CCOC(=O)C(=[N+]=[N-])C(=O)OC(C)(C)C. The molecule has 84 valence electrons. The summed E-state index contributed by atoms with van der Waals surface area (Å²) in [6.07, 6.45) is 0. The van der Waals surface area contributed by atoms with E-state index in [2.05, 4.69) is 9.53 Å². The Balaban J connectivity index is 4.66. The van der Waals surface area contributed by atoms with Crippen LogP contribution in [0, 0.1) is 0 Å². The minimum Gasteiger partial charge on any atom is -0.457 e. The van der Waals surface area contributed by atoms with Crippen molar-refractivity contribution in [2.45, 2.75) is 33.3 Å². The standard InChI is InChI=1S/C9H14N2O4/c1-5-14-7(12)6(11-10)8(13)15-9(2,3)4/h5H2,1-4H3. The number of esters is 2. The molecule has 0 radical (unpaired) electrons. The van der Waals surface area contributed by atoms with E-state index in [1.807, 2.05) is 0 Å². The van der Waals surface area contributed by atoms with Crippen LogP contribution in [-0.2, 0) is 19.1 Å². The summed E-state index contributed by atoms with van der Waals surface area (Å²) in [4.78, 5) is 24.9. The Labute approximate surface area is 87.8 Å². The van der Waals surface area contributed by atoms with Gasteiger partial charge in [0.15, 0.2) is 0 Å². The maximum atomic E-state index is 11.3. The van der Waals surface area contributed by atoms with Gasteiger partial charge in [0.2, 0.25) is 0 Å². The maximum absolute atomic E-state index is 11.3. The lowest BCUT2D eigenvalue weighted by Crippen LogP contribution is -2.34. The highest BCUT2D eigenvalue weighted by Gasteiger charge is 2.35. The molecule has 0 unspecified atom stereocenters. The van der Waals surface area contributed by atoms with Gasteiger partial charge >= 0.3 is 17.7 Å². The van der Waals surface area contributed by atoms with Crippen molar-refractivity contribution in [1.82, 2.24) is 0 Å². The van der Waals surface area contributed by atoms with Crippen LogP contribution in [-0.4, -0.2) is 34.6 Å². The average Bonchev–Trinajstić information content (AvgIpc) is 2.02. The van der Waals surface area contributed by atoms with E-state index in [0.717, 1.165) is 0 Å². The van der Waals surface area contributed by atoms with Gasteiger partial charge in [-0.3, -0.25) is 0 Å². The third-order valence-electron chi connectivity index (χ3n) is 1.16. The first-order valence-electron chi connectivity index (χ1n) is 4.44. The van der Waals surface area contributed by atoms with Crippen molar-refractivity contribution in [3.05, 3.63) is 5.53 Å². The lowest BCUT2D eigenvalue weighted by atomic mass is 10.2. The molecule has 6 nitrogen and oxygen atoms in total. The lowest BCUT2D eigenvalue weighted by molar-refractivity contribution is -0.155. The Morgan fingerprint density at radius 3 is 2.13 bits per heavy atom. The molecular weight excluding hydrogens is 200 g/mol. The molecule has 0 aliphatic heterocycles. The van der Waals surface area contributed by atoms with Gasteiger partial charge in [-0.25, -0.2) is 9.59 Å². The van der Waals surface area contributed by atoms with Crippen molar-refractivity contribution in [2.75, 3.05) is 6.61 Å². The molecule has 0 saturated carbocycles. The molecule has 0 fully saturated rings. The molecular formula is C9H14N2O4. The fourth-order valence-corrected chi connectivity index (χ4v) is 0.691. The maximum Gasteiger partial charge on any atom is 0.482 e. The minimum absolute atomic E-state index is 0.0840. The molecule has 0 aliphatic carbocycles. The predicted molar refractivity (Wildman–Crippen MR) is 51.1 cm³/mol. The van der Waals surface area contributed by atoms with Gasteiger partial charge in [0.1, 0.15) is 5.60 Å². The van der Waals surface area contributed by atoms with Gasteiger partial charge in [0.05, 0.1) is 6.61 Å². The van der Waals surface area contributed by atoms with Gasteiger partial charge in [-0.05, 0) is 27.7 Å². The van der Waals surface area contributed by atoms with Gasteiger partial charge < -0.3 is 15.0 Å². The normalized spacial score (nSPS) is 10.1. The first kappa shape index (κ1) is 13.3. The van der Waals surface area contributed by atoms with Gasteiger partial charge in [0, 0.05) is 0 Å². The summed E-state index contributed by atoms with van der Waals surface area (Å²) in [5, 5.41) is 0. The van der Waals surface area contributed by atoms with E-state index in [0.29, 0.717) is 0 Å². The van der Waals surface area contributed by atoms with Crippen molar-refractivity contribution < 1.29 is 23.9 Å². The van der Waals surface area contributed by atoms with E-state index in [-0.39, 0.29) is 6.61 Å². The summed E-state index contributed by atoms with van der Waals surface area (Å²) in [5.41, 5.74) is 6.95. The van der Waals surface area contributed by atoms with Crippen molar-refractivity contribution >= 4 is 17.7 Å². The first-order chi connectivity index (χ1) is 6.81. The Hall–Kier alpha value is -1.68. The Morgan fingerprint density at radius 1 is 1.27 bits per heavy atom. The van der Waals surface area contributed by atoms with Gasteiger partial charge in [0.25, 0.3) is 0 Å². The van der Waals surface area contributed by atoms with Crippen molar-refractivity contribution in [3.8, 4) is 0 Å². The zero-order chi connectivity index (χ0) is 12.1. The third kappa shape index (κ3) is 4.93. The fourth-order valence-electron chi connectivity index (χ4n) is 0.691. The molecule has 0 heterocycles. The van der Waals surface area contributed by atoms with Crippen LogP contribution in [0.25, 0.3) is 5.53 Å². The largest absolute Gasteiger partial charge is 0.482 e. The van der Waals surface area contributed by atoms with Crippen LogP contribution in [0.4, 0.5) is 0 Å². The highest BCUT2D eigenvalue weighted by atomic mass is 16.6. The molecule has 15 heavy (non-hydrogen) atoms. The molecule has 0 atom stereocenters. The predicted octanol–water partition coefficient (Wildman–Crippen LogP) is 0.562. The third-order valence-corrected chi connectivity index (χ3v) is 1.16. The molecule has 0 saturated heterocycles. The molecule has 0 bridgehead atoms. The molecule has 0 aromatic heterocycles. The van der Waals surface area contributed by atoms with E-state index in [9.17, 15) is 9.59 Å². The smallest absolute Gasteiger partial charge is 0.457 e. The Bertz CT molecular complexity index is 311. The number of carbonyl (C=O) groups is 2. The number of hydrogen-bond donors (Lipinski definition) is 0. The molecule has 0 rings (SSSR count). The monoisotopic (exact) mass is 214 g/mol. The zero-order valence-electron chi connectivity index (χ0n) is 9.23. The minimum atomic E-state index is -1.01. The topological polar surface area (TPSA) is 89.0 Å². The second-order valence-electron chi connectivity index (χ2n) is 3.67. The Morgan fingerprint density at radius 2 is 1.80 bits per heavy atom. The van der Waals surface area contributed by atoms with E-state index in [1.165, 1.54) is 0 Å². The number of nitrogens with zero attached hydrogens (tertiary/aromatic N) is 2. The highest BCUT2D eigenvalue weighted by Crippen LogP contribution is 2.07. The summed E-state index contributed by atoms with van der Waals surface area (Å²) in [6, 6.07) is 0. The summed E-state index contributed by atoms with van der Waals surface area (Å²) >= 11 is 0. The number of rotatable bonds is 3. The number of carbonyl (C=O) groups excluding carboxylic acids is 2. The zero-order valence-corrected chi connectivity index (χ0v) is 9.23. The molecule has 0 spiro atoms.